The molecule has 3 rings (SSSR count). The van der Waals surface area contributed by atoms with E-state index in [4.69, 9.17) is 18.9 Å². The van der Waals surface area contributed by atoms with Crippen LogP contribution >= 0.6 is 0 Å². The Morgan fingerprint density at radius 1 is 0.581 bits per heavy atom. The van der Waals surface area contributed by atoms with E-state index in [1.807, 2.05) is 43.3 Å². The van der Waals surface area contributed by atoms with Crippen LogP contribution in [0.2, 0.25) is 0 Å². The molecule has 6 nitrogen and oxygen atoms in total. The first-order valence-corrected chi connectivity index (χ1v) is 15.9. The van der Waals surface area contributed by atoms with Gasteiger partial charge in [-0.2, -0.15) is 0 Å². The van der Waals surface area contributed by atoms with E-state index in [2.05, 4.69) is 6.92 Å². The standard InChI is InChI=1S/C37H48O6/c1-4-6-7-8-9-10-11-12-13-27-41-34-22-18-31(19-23-34)30-14-16-32(17-15-30)37(39)43-35-24-20-33(21-25-35)36(38)42-29(3)28-40-26-5-2/h14-25,29H,4-13,26-28H2,1-3H3/t29-/m1/s1. The largest absolute Gasteiger partial charge is 0.494 e. The van der Waals surface area contributed by atoms with Crippen LogP contribution in [0, 0.1) is 0 Å². The van der Waals surface area contributed by atoms with E-state index >= 15 is 0 Å². The Bertz CT molecular complexity index is 1200. The van der Waals surface area contributed by atoms with Crippen molar-refractivity contribution >= 4 is 11.9 Å². The minimum Gasteiger partial charge on any atom is -0.494 e. The molecule has 232 valence electrons. The van der Waals surface area contributed by atoms with Crippen molar-refractivity contribution in [2.24, 2.45) is 0 Å². The van der Waals surface area contributed by atoms with Gasteiger partial charge in [0.15, 0.2) is 0 Å². The highest BCUT2D eigenvalue weighted by Crippen LogP contribution is 2.24. The first kappa shape index (κ1) is 33.9. The summed E-state index contributed by atoms with van der Waals surface area (Å²) in [6, 6.07) is 21.7. The highest BCUT2D eigenvalue weighted by atomic mass is 16.6. The molecule has 3 aromatic rings. The number of carbonyl (C=O) groups excluding carboxylic acids is 2. The number of benzene rings is 3. The second kappa shape index (κ2) is 19.5. The van der Waals surface area contributed by atoms with Crippen LogP contribution in [0.15, 0.2) is 72.8 Å². The molecule has 0 saturated heterocycles. The Morgan fingerprint density at radius 2 is 1.09 bits per heavy atom. The van der Waals surface area contributed by atoms with Gasteiger partial charge in [0.05, 0.1) is 24.3 Å². The average molecular weight is 589 g/mol. The third kappa shape index (κ3) is 12.6. The SMILES string of the molecule is CCCCCCCCCCCOc1ccc(-c2ccc(C(=O)Oc3ccc(C(=O)O[C@H](C)COCCC)cc3)cc2)cc1. The highest BCUT2D eigenvalue weighted by Gasteiger charge is 2.14. The molecule has 43 heavy (non-hydrogen) atoms. The van der Waals surface area contributed by atoms with Gasteiger partial charge in [-0.15, -0.1) is 0 Å². The summed E-state index contributed by atoms with van der Waals surface area (Å²) < 4.78 is 22.2. The van der Waals surface area contributed by atoms with Crippen molar-refractivity contribution in [1.82, 2.24) is 0 Å². The summed E-state index contributed by atoms with van der Waals surface area (Å²) in [7, 11) is 0. The van der Waals surface area contributed by atoms with Crippen LogP contribution in [0.25, 0.3) is 11.1 Å². The summed E-state index contributed by atoms with van der Waals surface area (Å²) in [4.78, 5) is 25.0. The van der Waals surface area contributed by atoms with Crippen LogP contribution in [-0.2, 0) is 9.47 Å². The molecule has 0 radical (unpaired) electrons. The van der Waals surface area contributed by atoms with Crippen LogP contribution in [-0.4, -0.2) is 37.9 Å². The molecule has 3 aromatic carbocycles. The molecule has 0 fully saturated rings. The predicted octanol–water partition coefficient (Wildman–Crippen LogP) is 9.45. The third-order valence-corrected chi connectivity index (χ3v) is 7.13. The normalized spacial score (nSPS) is 11.6. The zero-order valence-electron chi connectivity index (χ0n) is 26.1. The van der Waals surface area contributed by atoms with Gasteiger partial charge < -0.3 is 18.9 Å². The van der Waals surface area contributed by atoms with Gasteiger partial charge in [-0.1, -0.05) is 89.5 Å². The number of ether oxygens (including phenoxy) is 4. The van der Waals surface area contributed by atoms with Gasteiger partial charge in [0.1, 0.15) is 17.6 Å². The molecule has 0 amide bonds. The Morgan fingerprint density at radius 3 is 1.70 bits per heavy atom. The lowest BCUT2D eigenvalue weighted by atomic mass is 10.0. The summed E-state index contributed by atoms with van der Waals surface area (Å²) in [5.74, 6) is 0.310. The molecule has 0 bridgehead atoms. The highest BCUT2D eigenvalue weighted by molar-refractivity contribution is 5.92. The lowest BCUT2D eigenvalue weighted by Crippen LogP contribution is -2.20. The number of rotatable bonds is 20. The minimum atomic E-state index is -0.469. The van der Waals surface area contributed by atoms with Crippen LogP contribution in [0.4, 0.5) is 0 Å². The van der Waals surface area contributed by atoms with Gasteiger partial charge in [0.2, 0.25) is 0 Å². The van der Waals surface area contributed by atoms with Gasteiger partial charge in [0, 0.05) is 6.61 Å². The van der Waals surface area contributed by atoms with E-state index in [-0.39, 0.29) is 6.10 Å². The van der Waals surface area contributed by atoms with Crippen molar-refractivity contribution in [3.8, 4) is 22.6 Å². The molecular weight excluding hydrogens is 540 g/mol. The zero-order valence-corrected chi connectivity index (χ0v) is 26.1. The molecule has 0 saturated carbocycles. The lowest BCUT2D eigenvalue weighted by Gasteiger charge is -2.13. The summed E-state index contributed by atoms with van der Waals surface area (Å²) >= 11 is 0. The van der Waals surface area contributed by atoms with Crippen molar-refractivity contribution in [2.45, 2.75) is 91.1 Å². The summed E-state index contributed by atoms with van der Waals surface area (Å²) in [6.45, 7) is 7.80. The molecule has 0 spiro atoms. The van der Waals surface area contributed by atoms with E-state index in [1.165, 1.54) is 51.4 Å². The first-order chi connectivity index (χ1) is 21.0. The molecule has 0 aliphatic rings. The topological polar surface area (TPSA) is 71.1 Å². The Hall–Kier alpha value is -3.64. The first-order valence-electron chi connectivity index (χ1n) is 15.9. The molecule has 0 aromatic heterocycles. The number of esters is 2. The summed E-state index contributed by atoms with van der Waals surface area (Å²) in [6.07, 6.45) is 12.2. The van der Waals surface area contributed by atoms with Crippen molar-refractivity contribution in [3.63, 3.8) is 0 Å². The van der Waals surface area contributed by atoms with Crippen LogP contribution < -0.4 is 9.47 Å². The van der Waals surface area contributed by atoms with E-state index < -0.39 is 11.9 Å². The maximum atomic E-state index is 12.7. The van der Waals surface area contributed by atoms with Gasteiger partial charge in [0.25, 0.3) is 0 Å². The fourth-order valence-electron chi connectivity index (χ4n) is 4.65. The summed E-state index contributed by atoms with van der Waals surface area (Å²) in [5.41, 5.74) is 2.86. The molecule has 0 aliphatic carbocycles. The molecule has 0 N–H and O–H groups in total. The van der Waals surface area contributed by atoms with Gasteiger partial charge >= 0.3 is 11.9 Å². The maximum Gasteiger partial charge on any atom is 0.343 e. The van der Waals surface area contributed by atoms with Crippen LogP contribution in [0.3, 0.4) is 0 Å². The Kier molecular flexibility index (Phi) is 15.4. The Balaban J connectivity index is 1.39. The molecule has 0 heterocycles. The maximum absolute atomic E-state index is 12.7. The molecule has 6 heteroatoms. The monoisotopic (exact) mass is 588 g/mol. The number of unbranched alkanes of at least 4 members (excludes halogenated alkanes) is 8. The van der Waals surface area contributed by atoms with Gasteiger partial charge in [-0.25, -0.2) is 9.59 Å². The second-order valence-electron chi connectivity index (χ2n) is 11.0. The predicted molar refractivity (Wildman–Crippen MR) is 172 cm³/mol. The van der Waals surface area contributed by atoms with Crippen molar-refractivity contribution in [1.29, 1.82) is 0 Å². The van der Waals surface area contributed by atoms with Crippen LogP contribution in [0.5, 0.6) is 11.5 Å². The number of carbonyl (C=O) groups is 2. The molecule has 0 unspecified atom stereocenters. The summed E-state index contributed by atoms with van der Waals surface area (Å²) in [5, 5.41) is 0. The molecular formula is C37H48O6. The van der Waals surface area contributed by atoms with E-state index in [0.29, 0.717) is 30.1 Å². The van der Waals surface area contributed by atoms with E-state index in [1.54, 1.807) is 43.3 Å². The third-order valence-electron chi connectivity index (χ3n) is 7.13. The zero-order chi connectivity index (χ0) is 30.7. The fourth-order valence-corrected chi connectivity index (χ4v) is 4.65. The molecule has 0 aliphatic heterocycles. The van der Waals surface area contributed by atoms with E-state index in [0.717, 1.165) is 36.3 Å². The van der Waals surface area contributed by atoms with Crippen molar-refractivity contribution < 1.29 is 28.5 Å². The van der Waals surface area contributed by atoms with E-state index in [9.17, 15) is 9.59 Å². The van der Waals surface area contributed by atoms with Crippen molar-refractivity contribution in [2.75, 3.05) is 19.8 Å². The minimum absolute atomic E-state index is 0.347. The van der Waals surface area contributed by atoms with Crippen molar-refractivity contribution in [3.05, 3.63) is 83.9 Å². The Labute approximate surface area is 257 Å². The quantitative estimate of drug-likeness (QED) is 0.0744. The second-order valence-corrected chi connectivity index (χ2v) is 11.0. The average Bonchev–Trinajstić information content (AvgIpc) is 3.03. The molecule has 1 atom stereocenters. The van der Waals surface area contributed by atoms with Gasteiger partial charge in [-0.05, 0) is 79.4 Å². The smallest absolute Gasteiger partial charge is 0.343 e. The van der Waals surface area contributed by atoms with Gasteiger partial charge in [-0.3, -0.25) is 0 Å². The number of hydrogen-bond acceptors (Lipinski definition) is 6. The fraction of sp³-hybridized carbons (Fsp3) is 0.459. The van der Waals surface area contributed by atoms with Crippen LogP contribution in [0.1, 0.15) is 106 Å². The number of hydrogen-bond donors (Lipinski definition) is 0. The lowest BCUT2D eigenvalue weighted by molar-refractivity contribution is 0.00226.